The lowest BCUT2D eigenvalue weighted by atomic mass is 10.2. The zero-order valence-corrected chi connectivity index (χ0v) is 11.7. The van der Waals surface area contributed by atoms with E-state index in [0.29, 0.717) is 5.02 Å². The predicted octanol–water partition coefficient (Wildman–Crippen LogP) is 4.39. The van der Waals surface area contributed by atoms with E-state index < -0.39 is 5.60 Å². The van der Waals surface area contributed by atoms with Gasteiger partial charge in [-0.1, -0.05) is 17.7 Å². The van der Waals surface area contributed by atoms with Crippen LogP contribution in [0, 0.1) is 6.92 Å². The van der Waals surface area contributed by atoms with E-state index in [1.807, 2.05) is 39.8 Å². The minimum absolute atomic E-state index is 0.386. The minimum Gasteiger partial charge on any atom is -0.443 e. The normalized spacial score (nSPS) is 11.8. The zero-order chi connectivity index (χ0) is 13.5. The van der Waals surface area contributed by atoms with Crippen molar-refractivity contribution in [1.29, 1.82) is 0 Å². The Kier molecular flexibility index (Phi) is 3.11. The van der Waals surface area contributed by atoms with Crippen LogP contribution in [0.15, 0.2) is 24.4 Å². The van der Waals surface area contributed by atoms with Crippen molar-refractivity contribution in [1.82, 2.24) is 4.57 Å². The average Bonchev–Trinajstić information content (AvgIpc) is 2.53. The molecule has 0 N–H and O–H groups in total. The summed E-state index contributed by atoms with van der Waals surface area (Å²) >= 11 is 5.97. The van der Waals surface area contributed by atoms with Crippen LogP contribution in [0.3, 0.4) is 0 Å². The Morgan fingerprint density at radius 3 is 2.61 bits per heavy atom. The van der Waals surface area contributed by atoms with Crippen LogP contribution in [0.2, 0.25) is 5.02 Å². The highest BCUT2D eigenvalue weighted by molar-refractivity contribution is 6.31. The summed E-state index contributed by atoms with van der Waals surface area (Å²) in [7, 11) is 0. The maximum atomic E-state index is 12.1. The summed E-state index contributed by atoms with van der Waals surface area (Å²) in [5.74, 6) is 0. The van der Waals surface area contributed by atoms with Crippen LogP contribution < -0.4 is 0 Å². The number of hydrogen-bond donors (Lipinski definition) is 0. The van der Waals surface area contributed by atoms with Crippen molar-refractivity contribution in [2.45, 2.75) is 33.3 Å². The number of nitrogens with zero attached hydrogens (tertiary/aromatic N) is 1. The molecule has 0 bridgehead atoms. The molecule has 0 amide bonds. The lowest BCUT2D eigenvalue weighted by Crippen LogP contribution is -2.26. The fourth-order valence-corrected chi connectivity index (χ4v) is 2.00. The third kappa shape index (κ3) is 2.51. The van der Waals surface area contributed by atoms with E-state index in [4.69, 9.17) is 16.3 Å². The topological polar surface area (TPSA) is 31.2 Å². The van der Waals surface area contributed by atoms with Gasteiger partial charge < -0.3 is 4.74 Å². The Bertz CT molecular complexity index is 608. The van der Waals surface area contributed by atoms with Gasteiger partial charge in [-0.15, -0.1) is 0 Å². The monoisotopic (exact) mass is 265 g/mol. The molecule has 0 spiro atoms. The largest absolute Gasteiger partial charge is 0.443 e. The molecule has 0 aliphatic heterocycles. The first kappa shape index (κ1) is 13.0. The van der Waals surface area contributed by atoms with Gasteiger partial charge in [0.25, 0.3) is 0 Å². The first-order chi connectivity index (χ1) is 8.28. The second-order valence-electron chi connectivity index (χ2n) is 5.32. The molecule has 1 aromatic heterocycles. The molecule has 0 fully saturated rings. The second kappa shape index (κ2) is 4.32. The number of fused-ring (bicyclic) bond motifs is 1. The average molecular weight is 266 g/mol. The summed E-state index contributed by atoms with van der Waals surface area (Å²) in [5.41, 5.74) is 1.28. The highest BCUT2D eigenvalue weighted by Crippen LogP contribution is 2.25. The summed E-state index contributed by atoms with van der Waals surface area (Å²) in [4.78, 5) is 12.1. The summed E-state index contributed by atoms with van der Waals surface area (Å²) < 4.78 is 6.87. The van der Waals surface area contributed by atoms with Gasteiger partial charge in [-0.3, -0.25) is 4.57 Å². The number of carbonyl (C=O) groups is 1. The first-order valence-electron chi connectivity index (χ1n) is 5.78. The van der Waals surface area contributed by atoms with Gasteiger partial charge in [-0.2, -0.15) is 0 Å². The Hall–Kier alpha value is -1.48. The Balaban J connectivity index is 2.51. The first-order valence-corrected chi connectivity index (χ1v) is 6.16. The van der Waals surface area contributed by atoms with Crippen LogP contribution in [0.5, 0.6) is 0 Å². The van der Waals surface area contributed by atoms with Crippen LogP contribution in [-0.2, 0) is 4.74 Å². The minimum atomic E-state index is -0.514. The van der Waals surface area contributed by atoms with Gasteiger partial charge in [0, 0.05) is 16.6 Å². The zero-order valence-electron chi connectivity index (χ0n) is 11.0. The molecule has 18 heavy (non-hydrogen) atoms. The maximum absolute atomic E-state index is 12.1. The molecule has 3 nitrogen and oxygen atoms in total. The van der Waals surface area contributed by atoms with Gasteiger partial charge in [0.1, 0.15) is 5.60 Å². The molecule has 1 heterocycles. The smallest absolute Gasteiger partial charge is 0.419 e. The highest BCUT2D eigenvalue weighted by Gasteiger charge is 2.19. The molecule has 96 valence electrons. The van der Waals surface area contributed by atoms with Crippen LogP contribution in [0.4, 0.5) is 4.79 Å². The van der Waals surface area contributed by atoms with Crippen molar-refractivity contribution in [2.75, 3.05) is 0 Å². The van der Waals surface area contributed by atoms with Crippen LogP contribution in [-0.4, -0.2) is 16.3 Å². The molecule has 2 rings (SSSR count). The second-order valence-corrected chi connectivity index (χ2v) is 5.76. The van der Waals surface area contributed by atoms with Gasteiger partial charge >= 0.3 is 6.09 Å². The summed E-state index contributed by atoms with van der Waals surface area (Å²) in [6.45, 7) is 7.49. The van der Waals surface area contributed by atoms with Gasteiger partial charge in [-0.05, 0) is 45.4 Å². The van der Waals surface area contributed by atoms with Gasteiger partial charge in [0.2, 0.25) is 0 Å². The standard InChI is InChI=1S/C14H16ClNO2/c1-9-8-16(13(17)18-14(2,3)4)12-7-10(15)5-6-11(9)12/h5-8H,1-4H3. The predicted molar refractivity (Wildman–Crippen MR) is 73.3 cm³/mol. The molecular formula is C14H16ClNO2. The lowest BCUT2D eigenvalue weighted by Gasteiger charge is -2.19. The highest BCUT2D eigenvalue weighted by atomic mass is 35.5. The molecule has 4 heteroatoms. The molecule has 1 aromatic carbocycles. The number of halogens is 1. The molecule has 0 aliphatic rings. The fourth-order valence-electron chi connectivity index (χ4n) is 1.83. The molecule has 0 aliphatic carbocycles. The summed E-state index contributed by atoms with van der Waals surface area (Å²) in [5, 5.41) is 1.61. The van der Waals surface area contributed by atoms with E-state index in [1.54, 1.807) is 12.3 Å². The van der Waals surface area contributed by atoms with E-state index in [1.165, 1.54) is 4.57 Å². The van der Waals surface area contributed by atoms with Crippen LogP contribution >= 0.6 is 11.6 Å². The van der Waals surface area contributed by atoms with Gasteiger partial charge in [-0.25, -0.2) is 4.79 Å². The van der Waals surface area contributed by atoms with Crippen LogP contribution in [0.1, 0.15) is 26.3 Å². The van der Waals surface area contributed by atoms with E-state index in [0.717, 1.165) is 16.5 Å². The van der Waals surface area contributed by atoms with Crippen LogP contribution in [0.25, 0.3) is 10.9 Å². The summed E-state index contributed by atoms with van der Waals surface area (Å²) in [6.07, 6.45) is 1.39. The van der Waals surface area contributed by atoms with Crippen molar-refractivity contribution >= 4 is 28.6 Å². The SMILES string of the molecule is Cc1cn(C(=O)OC(C)(C)C)c2cc(Cl)ccc12. The maximum Gasteiger partial charge on any atom is 0.419 e. The Morgan fingerprint density at radius 2 is 2.00 bits per heavy atom. The number of carbonyl (C=O) groups excluding carboxylic acids is 1. The number of hydrogen-bond acceptors (Lipinski definition) is 2. The van der Waals surface area contributed by atoms with E-state index in [-0.39, 0.29) is 6.09 Å². The van der Waals surface area contributed by atoms with Crippen molar-refractivity contribution in [3.63, 3.8) is 0 Å². The number of ether oxygens (including phenoxy) is 1. The molecule has 0 unspecified atom stereocenters. The number of aryl methyl sites for hydroxylation is 1. The Labute approximate surface area is 111 Å². The molecule has 0 radical (unpaired) electrons. The van der Waals surface area contributed by atoms with Crippen molar-refractivity contribution in [3.05, 3.63) is 35.0 Å². The van der Waals surface area contributed by atoms with E-state index in [9.17, 15) is 4.79 Å². The van der Waals surface area contributed by atoms with Crippen molar-refractivity contribution in [3.8, 4) is 0 Å². The number of aromatic nitrogens is 1. The van der Waals surface area contributed by atoms with E-state index in [2.05, 4.69) is 0 Å². The molecule has 0 saturated heterocycles. The van der Waals surface area contributed by atoms with Crippen molar-refractivity contribution < 1.29 is 9.53 Å². The third-order valence-electron chi connectivity index (χ3n) is 2.56. The Morgan fingerprint density at radius 1 is 1.33 bits per heavy atom. The molecule has 0 atom stereocenters. The quantitative estimate of drug-likeness (QED) is 0.707. The number of rotatable bonds is 0. The number of benzene rings is 1. The van der Waals surface area contributed by atoms with Gasteiger partial charge in [0.05, 0.1) is 5.52 Å². The fraction of sp³-hybridized carbons (Fsp3) is 0.357. The third-order valence-corrected chi connectivity index (χ3v) is 2.79. The molecule has 2 aromatic rings. The summed E-state index contributed by atoms with van der Waals surface area (Å²) in [6, 6.07) is 5.50. The lowest BCUT2D eigenvalue weighted by molar-refractivity contribution is 0.0544. The van der Waals surface area contributed by atoms with Crippen molar-refractivity contribution in [2.24, 2.45) is 0 Å². The molecular weight excluding hydrogens is 250 g/mol. The van der Waals surface area contributed by atoms with E-state index >= 15 is 0 Å². The van der Waals surface area contributed by atoms with Gasteiger partial charge in [0.15, 0.2) is 0 Å². The molecule has 0 saturated carbocycles.